The molecule has 8 nitrogen and oxygen atoms in total. The Bertz CT molecular complexity index is 1190. The lowest BCUT2D eigenvalue weighted by molar-refractivity contribution is -0.115. The number of nitrogens with zero attached hydrogens (tertiary/aromatic N) is 3. The van der Waals surface area contributed by atoms with Gasteiger partial charge >= 0.3 is 0 Å². The van der Waals surface area contributed by atoms with Gasteiger partial charge in [0, 0.05) is 12.2 Å². The lowest BCUT2D eigenvalue weighted by Crippen LogP contribution is -2.29. The van der Waals surface area contributed by atoms with Gasteiger partial charge < -0.3 is 19.9 Å². The molecule has 0 aliphatic heterocycles. The Hall–Kier alpha value is -3.11. The van der Waals surface area contributed by atoms with E-state index in [1.807, 2.05) is 18.4 Å². The van der Waals surface area contributed by atoms with E-state index in [0.717, 1.165) is 0 Å². The number of carbonyl (C=O) groups is 2. The van der Waals surface area contributed by atoms with Crippen molar-refractivity contribution in [3.8, 4) is 5.75 Å². The number of hydrogen-bond donors (Lipinski definition) is 2. The van der Waals surface area contributed by atoms with Crippen LogP contribution in [-0.4, -0.2) is 38.9 Å². The first kappa shape index (κ1) is 25.5. The number of aromatic nitrogens is 3. The lowest BCUT2D eigenvalue weighted by atomic mass is 10.1. The zero-order valence-electron chi connectivity index (χ0n) is 19.1. The highest BCUT2D eigenvalue weighted by Gasteiger charge is 2.24. The monoisotopic (exact) mass is 505 g/mol. The molecule has 0 saturated carbocycles. The molecule has 0 spiro atoms. The standard InChI is InChI=1S/C23H25ClFN5O3S/c1-5-30-20(13(2)26-22(32)16-8-6-7-9-19(16)33-4)28-29-23(30)34-14(3)21(31)27-15-10-11-18(25)17(24)12-15/h6-14H,5H2,1-4H3,(H,26,32)(H,27,31). The number of thioether (sulfide) groups is 1. The Morgan fingerprint density at radius 3 is 2.62 bits per heavy atom. The summed E-state index contributed by atoms with van der Waals surface area (Å²) in [7, 11) is 1.51. The molecular weight excluding hydrogens is 481 g/mol. The van der Waals surface area contributed by atoms with Gasteiger partial charge in [-0.3, -0.25) is 9.59 Å². The fourth-order valence-electron chi connectivity index (χ4n) is 3.21. The number of methoxy groups -OCH3 is 1. The van der Waals surface area contributed by atoms with E-state index in [2.05, 4.69) is 20.8 Å². The molecule has 0 bridgehead atoms. The summed E-state index contributed by atoms with van der Waals surface area (Å²) in [5.74, 6) is -0.112. The fourth-order valence-corrected chi connectivity index (χ4v) is 4.31. The Morgan fingerprint density at radius 1 is 1.21 bits per heavy atom. The Balaban J connectivity index is 1.69. The van der Waals surface area contributed by atoms with Crippen LogP contribution in [0.3, 0.4) is 0 Å². The molecule has 3 aromatic rings. The van der Waals surface area contributed by atoms with E-state index in [9.17, 15) is 14.0 Å². The van der Waals surface area contributed by atoms with Crippen molar-refractivity contribution in [2.75, 3.05) is 12.4 Å². The highest BCUT2D eigenvalue weighted by molar-refractivity contribution is 8.00. The quantitative estimate of drug-likeness (QED) is 0.409. The van der Waals surface area contributed by atoms with Crippen molar-refractivity contribution >= 4 is 40.9 Å². The van der Waals surface area contributed by atoms with Gasteiger partial charge in [0.25, 0.3) is 5.91 Å². The van der Waals surface area contributed by atoms with Crippen LogP contribution in [0.2, 0.25) is 5.02 Å². The first-order chi connectivity index (χ1) is 16.2. The molecule has 34 heavy (non-hydrogen) atoms. The van der Waals surface area contributed by atoms with Crippen LogP contribution in [0.5, 0.6) is 5.75 Å². The maximum absolute atomic E-state index is 13.3. The van der Waals surface area contributed by atoms with Crippen molar-refractivity contribution in [3.05, 3.63) is 64.7 Å². The summed E-state index contributed by atoms with van der Waals surface area (Å²) >= 11 is 7.01. The molecule has 0 aliphatic rings. The SMILES string of the molecule is CCn1c(SC(C)C(=O)Nc2ccc(F)c(Cl)c2)nnc1C(C)NC(=O)c1ccccc1OC. The van der Waals surface area contributed by atoms with Gasteiger partial charge in [-0.15, -0.1) is 10.2 Å². The lowest BCUT2D eigenvalue weighted by Gasteiger charge is -2.17. The molecule has 1 heterocycles. The number of benzene rings is 2. The minimum atomic E-state index is -0.558. The minimum Gasteiger partial charge on any atom is -0.496 e. The topological polar surface area (TPSA) is 98.1 Å². The molecule has 3 rings (SSSR count). The molecular formula is C23H25ClFN5O3S. The first-order valence-electron chi connectivity index (χ1n) is 10.5. The first-order valence-corrected chi connectivity index (χ1v) is 11.8. The van der Waals surface area contributed by atoms with Crippen LogP contribution < -0.4 is 15.4 Å². The van der Waals surface area contributed by atoms with E-state index < -0.39 is 17.1 Å². The summed E-state index contributed by atoms with van der Waals surface area (Å²) in [6.07, 6.45) is 0. The van der Waals surface area contributed by atoms with E-state index in [1.54, 1.807) is 31.2 Å². The van der Waals surface area contributed by atoms with Crippen molar-refractivity contribution in [1.82, 2.24) is 20.1 Å². The predicted octanol–water partition coefficient (Wildman–Crippen LogP) is 4.71. The molecule has 180 valence electrons. The Kier molecular flexibility index (Phi) is 8.51. The summed E-state index contributed by atoms with van der Waals surface area (Å²) < 4.78 is 20.5. The molecule has 2 amide bonds. The van der Waals surface area contributed by atoms with E-state index in [1.165, 1.54) is 37.1 Å². The summed E-state index contributed by atoms with van der Waals surface area (Å²) in [4.78, 5) is 25.4. The van der Waals surface area contributed by atoms with Gasteiger partial charge in [-0.05, 0) is 51.1 Å². The second kappa shape index (κ2) is 11.3. The number of carbonyl (C=O) groups excluding carboxylic acids is 2. The van der Waals surface area contributed by atoms with Gasteiger partial charge in [0.15, 0.2) is 11.0 Å². The van der Waals surface area contributed by atoms with Gasteiger partial charge in [0.2, 0.25) is 5.91 Å². The van der Waals surface area contributed by atoms with Gasteiger partial charge in [-0.25, -0.2) is 4.39 Å². The van der Waals surface area contributed by atoms with Crippen molar-refractivity contribution in [2.45, 2.75) is 43.8 Å². The minimum absolute atomic E-state index is 0.0716. The molecule has 2 N–H and O–H groups in total. The summed E-state index contributed by atoms with van der Waals surface area (Å²) in [5, 5.41) is 14.1. The number of para-hydroxylation sites is 1. The number of nitrogens with one attached hydrogen (secondary N) is 2. The smallest absolute Gasteiger partial charge is 0.255 e. The van der Waals surface area contributed by atoms with Gasteiger partial charge in [0.05, 0.1) is 29.0 Å². The van der Waals surface area contributed by atoms with E-state index >= 15 is 0 Å². The Labute approximate surface area is 206 Å². The maximum Gasteiger partial charge on any atom is 0.255 e. The number of ether oxygens (including phenoxy) is 1. The number of amides is 2. The molecule has 11 heteroatoms. The summed E-state index contributed by atoms with van der Waals surface area (Å²) in [6, 6.07) is 10.5. The highest BCUT2D eigenvalue weighted by atomic mass is 35.5. The van der Waals surface area contributed by atoms with Gasteiger partial charge in [-0.1, -0.05) is 35.5 Å². The second-order valence-electron chi connectivity index (χ2n) is 7.36. The molecule has 2 unspecified atom stereocenters. The van der Waals surface area contributed by atoms with Crippen LogP contribution in [0.15, 0.2) is 47.6 Å². The average molecular weight is 506 g/mol. The molecule has 2 aromatic carbocycles. The average Bonchev–Trinajstić information content (AvgIpc) is 3.23. The Morgan fingerprint density at radius 2 is 1.94 bits per heavy atom. The van der Waals surface area contributed by atoms with E-state index in [4.69, 9.17) is 16.3 Å². The normalized spacial score (nSPS) is 12.6. The highest BCUT2D eigenvalue weighted by Crippen LogP contribution is 2.27. The van der Waals surface area contributed by atoms with Crippen LogP contribution in [0.4, 0.5) is 10.1 Å². The van der Waals surface area contributed by atoms with Gasteiger partial charge in [0.1, 0.15) is 11.6 Å². The third kappa shape index (κ3) is 5.87. The van der Waals surface area contributed by atoms with Crippen LogP contribution in [0, 0.1) is 5.82 Å². The number of hydrogen-bond acceptors (Lipinski definition) is 6. The molecule has 1 aromatic heterocycles. The van der Waals surface area contributed by atoms with E-state index in [-0.39, 0.29) is 16.8 Å². The number of anilines is 1. The largest absolute Gasteiger partial charge is 0.496 e. The maximum atomic E-state index is 13.3. The van der Waals surface area contributed by atoms with Crippen molar-refractivity contribution in [2.24, 2.45) is 0 Å². The zero-order valence-corrected chi connectivity index (χ0v) is 20.7. The van der Waals surface area contributed by atoms with Gasteiger partial charge in [-0.2, -0.15) is 0 Å². The van der Waals surface area contributed by atoms with Crippen molar-refractivity contribution < 1.29 is 18.7 Å². The van der Waals surface area contributed by atoms with Crippen LogP contribution >= 0.6 is 23.4 Å². The fraction of sp³-hybridized carbons (Fsp3) is 0.304. The number of rotatable bonds is 9. The second-order valence-corrected chi connectivity index (χ2v) is 9.07. The summed E-state index contributed by atoms with van der Waals surface area (Å²) in [5.41, 5.74) is 0.814. The van der Waals surface area contributed by atoms with Crippen LogP contribution in [0.25, 0.3) is 0 Å². The molecule has 0 fully saturated rings. The third-order valence-electron chi connectivity index (χ3n) is 4.99. The van der Waals surface area contributed by atoms with E-state index in [0.29, 0.717) is 34.5 Å². The molecule has 0 aliphatic carbocycles. The predicted molar refractivity (Wildman–Crippen MR) is 130 cm³/mol. The van der Waals surface area contributed by atoms with Crippen LogP contribution in [0.1, 0.15) is 43.0 Å². The molecule has 2 atom stereocenters. The van der Waals surface area contributed by atoms with Crippen molar-refractivity contribution in [1.29, 1.82) is 0 Å². The van der Waals surface area contributed by atoms with Crippen molar-refractivity contribution in [3.63, 3.8) is 0 Å². The van der Waals surface area contributed by atoms with Crippen LogP contribution in [-0.2, 0) is 11.3 Å². The number of halogens is 2. The third-order valence-corrected chi connectivity index (χ3v) is 6.36. The zero-order chi connectivity index (χ0) is 24.8. The summed E-state index contributed by atoms with van der Waals surface area (Å²) in [6.45, 7) is 6.01. The molecule has 0 saturated heterocycles. The molecule has 0 radical (unpaired) electrons.